The van der Waals surface area contributed by atoms with Crippen molar-refractivity contribution in [2.45, 2.75) is 50.7 Å². The second-order valence-electron chi connectivity index (χ2n) is 9.20. The Labute approximate surface area is 206 Å². The number of sulfonamides is 1. The molecule has 2 fully saturated rings. The molecule has 3 heterocycles. The summed E-state index contributed by atoms with van der Waals surface area (Å²) < 4.78 is 28.4. The van der Waals surface area contributed by atoms with Gasteiger partial charge >= 0.3 is 0 Å². The maximum atomic E-state index is 11.7. The number of hydrogen-bond acceptors (Lipinski definition) is 4. The molecule has 1 aromatic carbocycles. The zero-order valence-electron chi connectivity index (χ0n) is 19.3. The van der Waals surface area contributed by atoms with Gasteiger partial charge in [-0.05, 0) is 79.5 Å². The summed E-state index contributed by atoms with van der Waals surface area (Å²) in [5.74, 6) is 0. The average Bonchev–Trinajstić information content (AvgIpc) is 3.54. The minimum Gasteiger partial charge on any atom is -0.351 e. The molecule has 2 aliphatic rings. The van der Waals surface area contributed by atoms with Crippen molar-refractivity contribution in [2.75, 3.05) is 15.9 Å². The van der Waals surface area contributed by atoms with Gasteiger partial charge in [0.25, 0.3) is 0 Å². The van der Waals surface area contributed by atoms with Gasteiger partial charge in [0, 0.05) is 30.3 Å². The van der Waals surface area contributed by atoms with E-state index in [2.05, 4.69) is 42.9 Å². The van der Waals surface area contributed by atoms with E-state index in [1.54, 1.807) is 12.3 Å². The topological polar surface area (TPSA) is 79.3 Å². The molecule has 1 aliphatic carbocycles. The van der Waals surface area contributed by atoms with Crippen LogP contribution in [0.4, 0.5) is 11.4 Å². The van der Waals surface area contributed by atoms with Gasteiger partial charge in [0.2, 0.25) is 10.0 Å². The average molecular weight is 496 g/mol. The summed E-state index contributed by atoms with van der Waals surface area (Å²) in [6.45, 7) is 1.89. The van der Waals surface area contributed by atoms with Gasteiger partial charge in [0.1, 0.15) is 0 Å². The number of thiocarbonyl (C=S) groups is 1. The van der Waals surface area contributed by atoms with Crippen molar-refractivity contribution in [3.8, 4) is 0 Å². The Morgan fingerprint density at radius 3 is 2.62 bits per heavy atom. The van der Waals surface area contributed by atoms with Crippen LogP contribution < -0.4 is 14.9 Å². The fraction of sp³-hybridized carbons (Fsp3) is 0.360. The number of hydrogen-bond donors (Lipinski definition) is 2. The fourth-order valence-corrected chi connectivity index (χ4v) is 6.09. The normalized spacial score (nSPS) is 21.1. The van der Waals surface area contributed by atoms with E-state index in [1.807, 2.05) is 37.3 Å². The molecule has 5 rings (SSSR count). The van der Waals surface area contributed by atoms with Crippen molar-refractivity contribution in [3.63, 3.8) is 0 Å². The smallest absolute Gasteiger partial charge is 0.229 e. The van der Waals surface area contributed by atoms with E-state index < -0.39 is 10.0 Å². The van der Waals surface area contributed by atoms with E-state index >= 15 is 0 Å². The highest BCUT2D eigenvalue weighted by Gasteiger charge is 2.41. The second kappa shape index (κ2) is 9.03. The molecule has 1 aliphatic heterocycles. The van der Waals surface area contributed by atoms with Gasteiger partial charge in [-0.15, -0.1) is 0 Å². The molecule has 0 radical (unpaired) electrons. The molecular formula is C25H29N5O2S2. The Balaban J connectivity index is 1.55. The summed E-state index contributed by atoms with van der Waals surface area (Å²) in [6, 6.07) is 14.2. The standard InChI is InChI=1S/C25H29N5O2S2/c1-17-15-20(10-11-21(17)28-34(2,31)32)30-24(18-12-14-29(16-18)19-7-3-4-8-19)23(27-25(30)33)22-9-5-6-13-26-22/h5-6,9-16,19,23-24,28H,3-4,7-8H2,1-2H3,(H,27,33)/t23-,24-/m1/s1. The van der Waals surface area contributed by atoms with Crippen LogP contribution >= 0.6 is 12.2 Å². The predicted molar refractivity (Wildman–Crippen MR) is 140 cm³/mol. The molecule has 0 amide bonds. The first-order valence-electron chi connectivity index (χ1n) is 11.6. The maximum Gasteiger partial charge on any atom is 0.229 e. The van der Waals surface area contributed by atoms with Crippen molar-refractivity contribution in [1.82, 2.24) is 14.9 Å². The third-order valence-electron chi connectivity index (χ3n) is 6.71. The summed E-state index contributed by atoms with van der Waals surface area (Å²) in [6.07, 6.45) is 12.4. The van der Waals surface area contributed by atoms with E-state index in [0.29, 0.717) is 16.8 Å². The van der Waals surface area contributed by atoms with E-state index in [4.69, 9.17) is 12.2 Å². The van der Waals surface area contributed by atoms with Crippen LogP contribution in [0.15, 0.2) is 61.1 Å². The molecule has 1 saturated carbocycles. The second-order valence-corrected chi connectivity index (χ2v) is 11.3. The first kappa shape index (κ1) is 22.9. The minimum atomic E-state index is -3.36. The third-order valence-corrected chi connectivity index (χ3v) is 7.61. The Hall–Kier alpha value is -2.91. The fourth-order valence-electron chi connectivity index (χ4n) is 5.12. The summed E-state index contributed by atoms with van der Waals surface area (Å²) in [4.78, 5) is 6.75. The number of benzene rings is 1. The van der Waals surface area contributed by atoms with Crippen molar-refractivity contribution in [2.24, 2.45) is 0 Å². The van der Waals surface area contributed by atoms with Gasteiger partial charge in [-0.2, -0.15) is 0 Å². The first-order valence-corrected chi connectivity index (χ1v) is 13.9. The lowest BCUT2D eigenvalue weighted by Crippen LogP contribution is -2.29. The molecule has 9 heteroatoms. The number of aryl methyl sites for hydroxylation is 1. The molecule has 2 atom stereocenters. The summed E-state index contributed by atoms with van der Waals surface area (Å²) >= 11 is 5.82. The number of pyridine rings is 1. The molecular weight excluding hydrogens is 466 g/mol. The van der Waals surface area contributed by atoms with Crippen LogP contribution in [0.1, 0.15) is 60.6 Å². The summed E-state index contributed by atoms with van der Waals surface area (Å²) in [5, 5.41) is 4.12. The van der Waals surface area contributed by atoms with E-state index in [1.165, 1.54) is 31.2 Å². The van der Waals surface area contributed by atoms with Crippen molar-refractivity contribution in [3.05, 3.63) is 77.9 Å². The zero-order chi connectivity index (χ0) is 23.9. The molecule has 0 spiro atoms. The Morgan fingerprint density at radius 1 is 1.15 bits per heavy atom. The van der Waals surface area contributed by atoms with Crippen LogP contribution in [0, 0.1) is 6.92 Å². The van der Waals surface area contributed by atoms with Gasteiger partial charge < -0.3 is 14.8 Å². The lowest BCUT2D eigenvalue weighted by molar-refractivity contribution is 0.515. The molecule has 2 aromatic heterocycles. The number of rotatable bonds is 6. The highest BCUT2D eigenvalue weighted by Crippen LogP contribution is 2.43. The van der Waals surface area contributed by atoms with Crippen LogP contribution in [0.25, 0.3) is 0 Å². The van der Waals surface area contributed by atoms with Crippen molar-refractivity contribution >= 4 is 38.7 Å². The van der Waals surface area contributed by atoms with Gasteiger partial charge in [0.05, 0.1) is 29.7 Å². The molecule has 7 nitrogen and oxygen atoms in total. The number of anilines is 2. The predicted octanol–water partition coefficient (Wildman–Crippen LogP) is 4.86. The van der Waals surface area contributed by atoms with Gasteiger partial charge in [0.15, 0.2) is 5.11 Å². The van der Waals surface area contributed by atoms with Crippen LogP contribution in [0.2, 0.25) is 0 Å². The third kappa shape index (κ3) is 4.54. The minimum absolute atomic E-state index is 0.0850. The van der Waals surface area contributed by atoms with Crippen LogP contribution in [0.3, 0.4) is 0 Å². The highest BCUT2D eigenvalue weighted by atomic mass is 32.2. The number of nitrogens with one attached hydrogen (secondary N) is 2. The first-order chi connectivity index (χ1) is 16.3. The SMILES string of the molecule is Cc1cc(N2C(=S)N[C@H](c3ccccn3)[C@H]2c2ccn(C3CCCC3)c2)ccc1NS(C)(=O)=O. The molecule has 178 valence electrons. The Bertz CT molecular complexity index is 1300. The van der Waals surface area contributed by atoms with Gasteiger partial charge in [-0.25, -0.2) is 8.42 Å². The van der Waals surface area contributed by atoms with E-state index in [9.17, 15) is 8.42 Å². The molecule has 3 aromatic rings. The summed E-state index contributed by atoms with van der Waals surface area (Å²) in [5.41, 5.74) is 4.40. The Morgan fingerprint density at radius 2 is 1.94 bits per heavy atom. The lowest BCUT2D eigenvalue weighted by atomic mass is 9.98. The quantitative estimate of drug-likeness (QED) is 0.476. The number of nitrogens with zero attached hydrogens (tertiary/aromatic N) is 3. The highest BCUT2D eigenvalue weighted by molar-refractivity contribution is 7.92. The molecule has 1 saturated heterocycles. The van der Waals surface area contributed by atoms with Gasteiger partial charge in [-0.1, -0.05) is 18.9 Å². The molecule has 34 heavy (non-hydrogen) atoms. The van der Waals surface area contributed by atoms with Crippen LogP contribution in [0.5, 0.6) is 0 Å². The van der Waals surface area contributed by atoms with E-state index in [0.717, 1.165) is 23.2 Å². The molecule has 2 N–H and O–H groups in total. The maximum absolute atomic E-state index is 11.7. The number of aromatic nitrogens is 2. The molecule has 0 bridgehead atoms. The van der Waals surface area contributed by atoms with Crippen molar-refractivity contribution < 1.29 is 8.42 Å². The van der Waals surface area contributed by atoms with Crippen LogP contribution in [-0.4, -0.2) is 29.3 Å². The lowest BCUT2D eigenvalue weighted by Gasteiger charge is -2.28. The molecule has 0 unspecified atom stereocenters. The van der Waals surface area contributed by atoms with Crippen molar-refractivity contribution in [1.29, 1.82) is 0 Å². The van der Waals surface area contributed by atoms with Gasteiger partial charge in [-0.3, -0.25) is 9.71 Å². The Kier molecular flexibility index (Phi) is 6.07. The largest absolute Gasteiger partial charge is 0.351 e. The van der Waals surface area contributed by atoms with E-state index in [-0.39, 0.29) is 12.1 Å². The van der Waals surface area contributed by atoms with Crippen LogP contribution in [-0.2, 0) is 10.0 Å². The monoisotopic (exact) mass is 495 g/mol. The summed E-state index contributed by atoms with van der Waals surface area (Å²) in [7, 11) is -3.36. The zero-order valence-corrected chi connectivity index (χ0v) is 20.9.